The molecule has 0 aromatic heterocycles. The number of benzene rings is 1. The molecule has 1 atom stereocenters. The Morgan fingerprint density at radius 2 is 2.00 bits per heavy atom. The molecule has 0 radical (unpaired) electrons. The van der Waals surface area contributed by atoms with Gasteiger partial charge in [-0.05, 0) is 37.5 Å². The number of hydrogen-bond donors (Lipinski definition) is 1. The predicted octanol–water partition coefficient (Wildman–Crippen LogP) is 4.88. The third-order valence-electron chi connectivity index (χ3n) is 5.13. The summed E-state index contributed by atoms with van der Waals surface area (Å²) < 4.78 is 0. The van der Waals surface area contributed by atoms with E-state index in [1.807, 2.05) is 18.2 Å². The smallest absolute Gasteiger partial charge is 0.0640 e. The van der Waals surface area contributed by atoms with Crippen LogP contribution in [0.3, 0.4) is 0 Å². The summed E-state index contributed by atoms with van der Waals surface area (Å²) in [6.07, 6.45) is 7.71. The lowest BCUT2D eigenvalue weighted by atomic mass is 9.79. The van der Waals surface area contributed by atoms with E-state index in [9.17, 15) is 0 Å². The Morgan fingerprint density at radius 3 is 2.71 bits per heavy atom. The Morgan fingerprint density at radius 1 is 1.24 bits per heavy atom. The summed E-state index contributed by atoms with van der Waals surface area (Å²) in [5.41, 5.74) is 1.37. The van der Waals surface area contributed by atoms with Crippen LogP contribution in [0, 0.1) is 0 Å². The summed E-state index contributed by atoms with van der Waals surface area (Å²) in [6, 6.07) is 6.30. The van der Waals surface area contributed by atoms with Crippen LogP contribution < -0.4 is 10.2 Å². The molecule has 21 heavy (non-hydrogen) atoms. The monoisotopic (exact) mass is 326 g/mol. The van der Waals surface area contributed by atoms with E-state index in [0.717, 1.165) is 35.2 Å². The van der Waals surface area contributed by atoms with E-state index in [2.05, 4.69) is 17.1 Å². The van der Waals surface area contributed by atoms with Crippen molar-refractivity contribution < 1.29 is 0 Å². The van der Waals surface area contributed by atoms with Gasteiger partial charge in [0.15, 0.2) is 0 Å². The van der Waals surface area contributed by atoms with Crippen molar-refractivity contribution in [3.8, 4) is 0 Å². The second kappa shape index (κ2) is 6.36. The number of nitrogens with zero attached hydrogens (tertiary/aromatic N) is 1. The third-order valence-corrected chi connectivity index (χ3v) is 5.68. The molecular formula is C17H24Cl2N2. The van der Waals surface area contributed by atoms with E-state index < -0.39 is 0 Å². The lowest BCUT2D eigenvalue weighted by molar-refractivity contribution is 0.196. The minimum absolute atomic E-state index is 0.273. The second-order valence-electron chi connectivity index (χ2n) is 6.51. The Labute approximate surface area is 137 Å². The van der Waals surface area contributed by atoms with Crippen LogP contribution in [0.25, 0.3) is 0 Å². The van der Waals surface area contributed by atoms with Gasteiger partial charge in [-0.1, -0.05) is 49.4 Å². The molecule has 116 valence electrons. The predicted molar refractivity (Wildman–Crippen MR) is 91.7 cm³/mol. The average molecular weight is 327 g/mol. The van der Waals surface area contributed by atoms with Gasteiger partial charge in [-0.25, -0.2) is 0 Å². The molecule has 1 aromatic carbocycles. The molecule has 2 fully saturated rings. The van der Waals surface area contributed by atoms with Crippen molar-refractivity contribution in [1.29, 1.82) is 0 Å². The number of rotatable bonds is 2. The number of piperazine rings is 1. The first kappa shape index (κ1) is 15.5. The van der Waals surface area contributed by atoms with Crippen LogP contribution in [-0.4, -0.2) is 24.7 Å². The zero-order valence-electron chi connectivity index (χ0n) is 12.7. The summed E-state index contributed by atoms with van der Waals surface area (Å²) in [6.45, 7) is 4.33. The highest BCUT2D eigenvalue weighted by atomic mass is 35.5. The Balaban J connectivity index is 1.90. The van der Waals surface area contributed by atoms with Gasteiger partial charge >= 0.3 is 0 Å². The summed E-state index contributed by atoms with van der Waals surface area (Å²) in [7, 11) is 0. The highest BCUT2D eigenvalue weighted by Gasteiger charge is 2.39. The van der Waals surface area contributed by atoms with Gasteiger partial charge in [-0.2, -0.15) is 0 Å². The highest BCUT2D eigenvalue weighted by molar-refractivity contribution is 6.35. The highest BCUT2D eigenvalue weighted by Crippen LogP contribution is 2.37. The molecule has 3 rings (SSSR count). The van der Waals surface area contributed by atoms with Crippen molar-refractivity contribution in [1.82, 2.24) is 5.32 Å². The zero-order valence-corrected chi connectivity index (χ0v) is 14.2. The van der Waals surface area contributed by atoms with Crippen molar-refractivity contribution in [2.75, 3.05) is 18.0 Å². The summed E-state index contributed by atoms with van der Waals surface area (Å²) in [4.78, 5) is 2.50. The molecule has 1 saturated carbocycles. The molecule has 2 aliphatic rings. The van der Waals surface area contributed by atoms with Gasteiger partial charge in [0.05, 0.1) is 10.7 Å². The van der Waals surface area contributed by atoms with Gasteiger partial charge in [-0.3, -0.25) is 0 Å². The zero-order chi connectivity index (χ0) is 14.9. The van der Waals surface area contributed by atoms with Crippen LogP contribution in [0.4, 0.5) is 5.69 Å². The molecule has 4 heteroatoms. The van der Waals surface area contributed by atoms with Gasteiger partial charge in [0.1, 0.15) is 0 Å². The lowest BCUT2D eigenvalue weighted by Crippen LogP contribution is -2.65. The maximum absolute atomic E-state index is 6.46. The van der Waals surface area contributed by atoms with Crippen molar-refractivity contribution >= 4 is 28.9 Å². The van der Waals surface area contributed by atoms with Gasteiger partial charge in [0.25, 0.3) is 0 Å². The number of halogens is 2. The first-order valence-corrected chi connectivity index (χ1v) is 8.86. The standard InChI is InChI=1S/C17H24Cl2N2/c1-2-14-11-20-17(8-4-3-5-9-17)12-21(14)16-10-13(18)6-7-15(16)19/h6-7,10,14,20H,2-5,8-9,11-12H2,1H3. The van der Waals surface area contributed by atoms with E-state index in [-0.39, 0.29) is 5.54 Å². The third kappa shape index (κ3) is 3.18. The minimum atomic E-state index is 0.273. The fourth-order valence-corrected chi connectivity index (χ4v) is 4.26. The molecule has 1 aliphatic carbocycles. The molecular weight excluding hydrogens is 303 g/mol. The van der Waals surface area contributed by atoms with E-state index in [0.29, 0.717) is 6.04 Å². The molecule has 1 saturated heterocycles. The van der Waals surface area contributed by atoms with Gasteiger partial charge in [0.2, 0.25) is 0 Å². The molecule has 1 spiro atoms. The molecule has 1 aromatic rings. The van der Waals surface area contributed by atoms with Crippen LogP contribution in [0.5, 0.6) is 0 Å². The maximum atomic E-state index is 6.46. The Kier molecular flexibility index (Phi) is 4.68. The molecule has 0 bridgehead atoms. The van der Waals surface area contributed by atoms with Crippen molar-refractivity contribution in [3.63, 3.8) is 0 Å². The summed E-state index contributed by atoms with van der Waals surface area (Å²) in [5, 5.41) is 5.43. The van der Waals surface area contributed by atoms with E-state index >= 15 is 0 Å². The molecule has 1 N–H and O–H groups in total. The topological polar surface area (TPSA) is 15.3 Å². The maximum Gasteiger partial charge on any atom is 0.0640 e. The van der Waals surface area contributed by atoms with Crippen LogP contribution >= 0.6 is 23.2 Å². The molecule has 0 amide bonds. The largest absolute Gasteiger partial charge is 0.364 e. The van der Waals surface area contributed by atoms with Crippen LogP contribution in [0.15, 0.2) is 18.2 Å². The lowest BCUT2D eigenvalue weighted by Gasteiger charge is -2.50. The molecule has 1 heterocycles. The number of anilines is 1. The van der Waals surface area contributed by atoms with Gasteiger partial charge in [-0.15, -0.1) is 0 Å². The summed E-state index contributed by atoms with van der Waals surface area (Å²) in [5.74, 6) is 0. The fourth-order valence-electron chi connectivity index (χ4n) is 3.87. The number of hydrogen-bond acceptors (Lipinski definition) is 2. The van der Waals surface area contributed by atoms with Gasteiger partial charge < -0.3 is 10.2 Å². The summed E-state index contributed by atoms with van der Waals surface area (Å²) >= 11 is 12.7. The average Bonchev–Trinajstić information content (AvgIpc) is 2.50. The van der Waals surface area contributed by atoms with Crippen molar-refractivity contribution in [2.24, 2.45) is 0 Å². The van der Waals surface area contributed by atoms with E-state index in [1.165, 1.54) is 32.1 Å². The quantitative estimate of drug-likeness (QED) is 0.832. The normalized spacial score (nSPS) is 25.3. The Bertz CT molecular complexity index is 498. The van der Waals surface area contributed by atoms with Crippen molar-refractivity contribution in [2.45, 2.75) is 57.0 Å². The molecule has 1 aliphatic heterocycles. The number of nitrogens with one attached hydrogen (secondary N) is 1. The first-order chi connectivity index (χ1) is 10.1. The fraction of sp³-hybridized carbons (Fsp3) is 0.647. The van der Waals surface area contributed by atoms with Crippen LogP contribution in [-0.2, 0) is 0 Å². The van der Waals surface area contributed by atoms with Crippen LogP contribution in [0.2, 0.25) is 10.0 Å². The van der Waals surface area contributed by atoms with Gasteiger partial charge in [0, 0.05) is 29.7 Å². The molecule has 1 unspecified atom stereocenters. The second-order valence-corrected chi connectivity index (χ2v) is 7.35. The van der Waals surface area contributed by atoms with E-state index in [1.54, 1.807) is 0 Å². The Hall–Kier alpha value is -0.440. The SMILES string of the molecule is CCC1CNC2(CCCCC2)CN1c1cc(Cl)ccc1Cl. The minimum Gasteiger partial charge on any atom is -0.364 e. The first-order valence-electron chi connectivity index (χ1n) is 8.10. The van der Waals surface area contributed by atoms with Crippen molar-refractivity contribution in [3.05, 3.63) is 28.2 Å². The van der Waals surface area contributed by atoms with Crippen LogP contribution in [0.1, 0.15) is 45.4 Å². The molecule has 2 nitrogen and oxygen atoms in total. The van der Waals surface area contributed by atoms with E-state index in [4.69, 9.17) is 23.2 Å².